The van der Waals surface area contributed by atoms with Crippen molar-refractivity contribution in [1.29, 1.82) is 5.26 Å². The van der Waals surface area contributed by atoms with Crippen molar-refractivity contribution in [2.24, 2.45) is 0 Å². The quantitative estimate of drug-likeness (QED) is 0.661. The molecule has 6 nitrogen and oxygen atoms in total. The molecule has 0 fully saturated rings. The third-order valence-corrected chi connectivity index (χ3v) is 3.47. The number of hydrogen-bond donors (Lipinski definition) is 1. The molecule has 1 N–H and O–H groups in total. The van der Waals surface area contributed by atoms with E-state index in [2.05, 4.69) is 36.0 Å². The number of esters is 1. The van der Waals surface area contributed by atoms with E-state index in [-0.39, 0.29) is 16.7 Å². The molecule has 0 aliphatic carbocycles. The van der Waals surface area contributed by atoms with Gasteiger partial charge in [-0.05, 0) is 34.1 Å². The number of nitriles is 1. The largest absolute Gasteiger partial charge is 0.465 e. The number of anilines is 2. The fourth-order valence-electron chi connectivity index (χ4n) is 1.49. The van der Waals surface area contributed by atoms with Gasteiger partial charge in [0.2, 0.25) is 5.95 Å². The molecule has 2 aromatic rings. The Morgan fingerprint density at radius 1 is 1.52 bits per heavy atom. The Morgan fingerprint density at radius 2 is 2.29 bits per heavy atom. The first-order valence-electron chi connectivity index (χ1n) is 5.62. The first-order chi connectivity index (χ1) is 10.0. The van der Waals surface area contributed by atoms with Gasteiger partial charge in [-0.1, -0.05) is 11.6 Å². The molecule has 21 heavy (non-hydrogen) atoms. The van der Waals surface area contributed by atoms with Gasteiger partial charge in [-0.15, -0.1) is 0 Å². The van der Waals surface area contributed by atoms with Crippen LogP contribution in [0.25, 0.3) is 0 Å². The number of carbonyl (C=O) groups excluding carboxylic acids is 1. The number of hydrogen-bond acceptors (Lipinski definition) is 6. The standard InChI is InChI=1S/C13H8BrClN4O2/c1-21-12(20)9-4-8(2-3-10(9)14)18-13-17-6-7(5-16)11(15)19-13/h2-4,6H,1H3,(H,17,18,19). The van der Waals surface area contributed by atoms with Crippen LogP contribution in [0.15, 0.2) is 28.9 Å². The van der Waals surface area contributed by atoms with Crippen LogP contribution in [0.1, 0.15) is 15.9 Å². The minimum atomic E-state index is -0.468. The second-order valence-corrected chi connectivity index (χ2v) is 5.03. The third-order valence-electron chi connectivity index (χ3n) is 2.49. The van der Waals surface area contributed by atoms with Crippen LogP contribution in [0.2, 0.25) is 5.15 Å². The summed E-state index contributed by atoms with van der Waals surface area (Å²) in [6.07, 6.45) is 1.32. The number of methoxy groups -OCH3 is 1. The number of carbonyl (C=O) groups is 1. The lowest BCUT2D eigenvalue weighted by Gasteiger charge is -2.08. The Balaban J connectivity index is 2.30. The van der Waals surface area contributed by atoms with Crippen LogP contribution in [-0.2, 0) is 4.74 Å². The van der Waals surface area contributed by atoms with Gasteiger partial charge in [0.1, 0.15) is 11.6 Å². The molecular formula is C13H8BrClN4O2. The van der Waals surface area contributed by atoms with E-state index in [9.17, 15) is 4.79 Å². The fraction of sp³-hybridized carbons (Fsp3) is 0.0769. The molecule has 8 heteroatoms. The van der Waals surface area contributed by atoms with Crippen LogP contribution >= 0.6 is 27.5 Å². The highest BCUT2D eigenvalue weighted by atomic mass is 79.9. The van der Waals surface area contributed by atoms with Gasteiger partial charge in [0, 0.05) is 10.2 Å². The Bertz CT molecular complexity index is 745. The Kier molecular flexibility index (Phi) is 4.73. The van der Waals surface area contributed by atoms with Crippen LogP contribution in [-0.4, -0.2) is 23.0 Å². The zero-order valence-electron chi connectivity index (χ0n) is 10.7. The zero-order valence-corrected chi connectivity index (χ0v) is 13.1. The summed E-state index contributed by atoms with van der Waals surface area (Å²) in [6, 6.07) is 6.88. The van der Waals surface area contributed by atoms with Crippen molar-refractivity contribution < 1.29 is 9.53 Å². The fourth-order valence-corrected chi connectivity index (χ4v) is 2.07. The summed E-state index contributed by atoms with van der Waals surface area (Å²) >= 11 is 9.10. The topological polar surface area (TPSA) is 87.9 Å². The van der Waals surface area contributed by atoms with Gasteiger partial charge in [-0.25, -0.2) is 9.78 Å². The molecule has 0 aliphatic rings. The summed E-state index contributed by atoms with van der Waals surface area (Å²) in [7, 11) is 1.30. The van der Waals surface area contributed by atoms with E-state index < -0.39 is 5.97 Å². The molecule has 0 saturated carbocycles. The normalized spacial score (nSPS) is 9.81. The van der Waals surface area contributed by atoms with E-state index in [4.69, 9.17) is 16.9 Å². The van der Waals surface area contributed by atoms with E-state index in [0.29, 0.717) is 15.7 Å². The lowest BCUT2D eigenvalue weighted by molar-refractivity contribution is 0.0599. The zero-order chi connectivity index (χ0) is 15.4. The molecule has 1 aromatic heterocycles. The number of nitrogens with zero attached hydrogens (tertiary/aromatic N) is 3. The molecule has 0 aliphatic heterocycles. The number of benzene rings is 1. The predicted octanol–water partition coefficient (Wildman–Crippen LogP) is 3.29. The average molecular weight is 368 g/mol. The maximum absolute atomic E-state index is 11.6. The molecule has 0 amide bonds. The van der Waals surface area contributed by atoms with Gasteiger partial charge < -0.3 is 10.1 Å². The summed E-state index contributed by atoms with van der Waals surface area (Å²) in [5.74, 6) is -0.249. The number of nitrogens with one attached hydrogen (secondary N) is 1. The van der Waals surface area contributed by atoms with Crippen LogP contribution in [0, 0.1) is 11.3 Å². The van der Waals surface area contributed by atoms with Crippen LogP contribution in [0.4, 0.5) is 11.6 Å². The van der Waals surface area contributed by atoms with Gasteiger partial charge in [-0.2, -0.15) is 10.2 Å². The Morgan fingerprint density at radius 3 is 2.90 bits per heavy atom. The number of ether oxygens (including phenoxy) is 1. The third kappa shape index (κ3) is 3.48. The van der Waals surface area contributed by atoms with E-state index in [1.165, 1.54) is 13.3 Å². The molecule has 1 aromatic carbocycles. The molecule has 0 bridgehead atoms. The highest BCUT2D eigenvalue weighted by molar-refractivity contribution is 9.10. The Hall–Kier alpha value is -2.17. The van der Waals surface area contributed by atoms with Crippen molar-refractivity contribution in [3.8, 4) is 6.07 Å². The number of rotatable bonds is 3. The monoisotopic (exact) mass is 366 g/mol. The van der Waals surface area contributed by atoms with E-state index >= 15 is 0 Å². The molecule has 0 saturated heterocycles. The van der Waals surface area contributed by atoms with E-state index in [1.807, 2.05) is 6.07 Å². The summed E-state index contributed by atoms with van der Waals surface area (Å²) in [4.78, 5) is 19.5. The molecule has 0 spiro atoms. The highest BCUT2D eigenvalue weighted by Crippen LogP contribution is 2.24. The predicted molar refractivity (Wildman–Crippen MR) is 80.5 cm³/mol. The van der Waals surface area contributed by atoms with Gasteiger partial charge in [0.25, 0.3) is 0 Å². The highest BCUT2D eigenvalue weighted by Gasteiger charge is 2.12. The summed E-state index contributed by atoms with van der Waals surface area (Å²) < 4.78 is 5.30. The van der Waals surface area contributed by atoms with E-state index in [0.717, 1.165) is 0 Å². The molecular weight excluding hydrogens is 360 g/mol. The van der Waals surface area contributed by atoms with Crippen LogP contribution in [0.5, 0.6) is 0 Å². The first-order valence-corrected chi connectivity index (χ1v) is 6.79. The van der Waals surface area contributed by atoms with Crippen molar-refractivity contribution >= 4 is 45.1 Å². The molecule has 0 radical (unpaired) electrons. The minimum Gasteiger partial charge on any atom is -0.465 e. The SMILES string of the molecule is COC(=O)c1cc(Nc2ncc(C#N)c(Cl)n2)ccc1Br. The summed E-state index contributed by atoms with van der Waals surface area (Å²) in [5.41, 5.74) is 1.13. The number of aromatic nitrogens is 2. The van der Waals surface area contributed by atoms with Crippen molar-refractivity contribution in [1.82, 2.24) is 9.97 Å². The lowest BCUT2D eigenvalue weighted by Crippen LogP contribution is -2.04. The second-order valence-electron chi connectivity index (χ2n) is 3.82. The van der Waals surface area contributed by atoms with Crippen LogP contribution in [0.3, 0.4) is 0 Å². The summed E-state index contributed by atoms with van der Waals surface area (Å²) in [6.45, 7) is 0. The maximum atomic E-state index is 11.6. The number of halogens is 2. The summed E-state index contributed by atoms with van der Waals surface area (Å²) in [5, 5.41) is 11.7. The molecule has 0 unspecified atom stereocenters. The molecule has 0 atom stereocenters. The Labute approximate surface area is 133 Å². The van der Waals surface area contributed by atoms with Gasteiger partial charge >= 0.3 is 5.97 Å². The first kappa shape index (κ1) is 15.2. The van der Waals surface area contributed by atoms with Gasteiger partial charge in [-0.3, -0.25) is 0 Å². The van der Waals surface area contributed by atoms with Crippen LogP contribution < -0.4 is 5.32 Å². The lowest BCUT2D eigenvalue weighted by atomic mass is 10.2. The molecule has 2 rings (SSSR count). The minimum absolute atomic E-state index is 0.0558. The molecule has 1 heterocycles. The van der Waals surface area contributed by atoms with Crippen molar-refractivity contribution in [2.45, 2.75) is 0 Å². The maximum Gasteiger partial charge on any atom is 0.339 e. The smallest absolute Gasteiger partial charge is 0.339 e. The molecule has 106 valence electrons. The second kappa shape index (κ2) is 6.52. The van der Waals surface area contributed by atoms with E-state index in [1.54, 1.807) is 18.2 Å². The van der Waals surface area contributed by atoms with Gasteiger partial charge in [0.05, 0.1) is 18.9 Å². The van der Waals surface area contributed by atoms with Gasteiger partial charge in [0.15, 0.2) is 5.15 Å². The van der Waals surface area contributed by atoms with Crippen molar-refractivity contribution in [3.05, 3.63) is 45.1 Å². The van der Waals surface area contributed by atoms with Crippen molar-refractivity contribution in [3.63, 3.8) is 0 Å². The average Bonchev–Trinajstić information content (AvgIpc) is 2.48. The van der Waals surface area contributed by atoms with Crippen molar-refractivity contribution in [2.75, 3.05) is 12.4 Å².